The van der Waals surface area contributed by atoms with E-state index in [0.29, 0.717) is 0 Å². The van der Waals surface area contributed by atoms with E-state index in [1.165, 1.54) is 0 Å². The van der Waals surface area contributed by atoms with Crippen LogP contribution >= 0.6 is 0 Å². The monoisotopic (exact) mass is 142 g/mol. The third-order valence-corrected chi connectivity index (χ3v) is 1.87. The van der Waals surface area contributed by atoms with Gasteiger partial charge in [0.05, 0.1) is 6.10 Å². The molecule has 1 aliphatic carbocycles. The van der Waals surface area contributed by atoms with Crippen LogP contribution in [-0.2, 0) is 4.89 Å². The first-order chi connectivity index (χ1) is 4.93. The molecule has 2 nitrogen and oxygen atoms in total. The van der Waals surface area contributed by atoms with E-state index in [4.69, 9.17) is 5.26 Å². The van der Waals surface area contributed by atoms with Crippen molar-refractivity contribution in [1.82, 2.24) is 0 Å². The molecule has 58 valence electrons. The van der Waals surface area contributed by atoms with Gasteiger partial charge < -0.3 is 0 Å². The molecule has 0 heterocycles. The molecule has 1 aliphatic rings. The molecule has 1 atom stereocenters. The van der Waals surface area contributed by atoms with Crippen LogP contribution in [0.25, 0.3) is 0 Å². The second-order valence-electron chi connectivity index (χ2n) is 2.71. The highest BCUT2D eigenvalue weighted by Gasteiger charge is 2.08. The van der Waals surface area contributed by atoms with Crippen molar-refractivity contribution in [2.45, 2.75) is 38.2 Å². The maximum atomic E-state index is 8.38. The Labute approximate surface area is 61.4 Å². The van der Waals surface area contributed by atoms with Crippen molar-refractivity contribution in [3.8, 4) is 0 Å². The Bertz CT molecular complexity index is 110. The topological polar surface area (TPSA) is 29.5 Å². The van der Waals surface area contributed by atoms with Crippen molar-refractivity contribution < 1.29 is 10.1 Å². The van der Waals surface area contributed by atoms with Crippen LogP contribution in [-0.4, -0.2) is 11.4 Å². The van der Waals surface area contributed by atoms with Crippen molar-refractivity contribution >= 4 is 0 Å². The average molecular weight is 142 g/mol. The van der Waals surface area contributed by atoms with Crippen LogP contribution in [0.5, 0.6) is 0 Å². The highest BCUT2D eigenvalue weighted by Crippen LogP contribution is 2.13. The summed E-state index contributed by atoms with van der Waals surface area (Å²) >= 11 is 0. The fourth-order valence-electron chi connectivity index (χ4n) is 1.23. The molecule has 0 fully saturated rings. The minimum Gasteiger partial charge on any atom is -0.252 e. The summed E-state index contributed by atoms with van der Waals surface area (Å²) in [4.78, 5) is 4.29. The molecule has 10 heavy (non-hydrogen) atoms. The lowest BCUT2D eigenvalue weighted by molar-refractivity contribution is -0.281. The first-order valence-electron chi connectivity index (χ1n) is 3.88. The molecule has 0 aromatic heterocycles. The van der Waals surface area contributed by atoms with E-state index in [9.17, 15) is 0 Å². The van der Waals surface area contributed by atoms with Crippen LogP contribution in [0, 0.1) is 0 Å². The van der Waals surface area contributed by atoms with Gasteiger partial charge in [0.25, 0.3) is 0 Å². The Balaban J connectivity index is 2.27. The van der Waals surface area contributed by atoms with Crippen molar-refractivity contribution in [1.29, 1.82) is 0 Å². The Morgan fingerprint density at radius 2 is 2.00 bits per heavy atom. The fourth-order valence-corrected chi connectivity index (χ4v) is 1.23. The van der Waals surface area contributed by atoms with Crippen molar-refractivity contribution in [3.05, 3.63) is 12.2 Å². The molecule has 0 radical (unpaired) electrons. The summed E-state index contributed by atoms with van der Waals surface area (Å²) < 4.78 is 0. The summed E-state index contributed by atoms with van der Waals surface area (Å²) in [5.41, 5.74) is 0. The molecule has 0 aliphatic heterocycles. The van der Waals surface area contributed by atoms with E-state index in [-0.39, 0.29) is 6.10 Å². The van der Waals surface area contributed by atoms with E-state index >= 15 is 0 Å². The molecule has 0 bridgehead atoms. The van der Waals surface area contributed by atoms with Gasteiger partial charge in [0.15, 0.2) is 0 Å². The molecular weight excluding hydrogens is 128 g/mol. The van der Waals surface area contributed by atoms with E-state index in [1.807, 2.05) is 0 Å². The molecule has 0 saturated heterocycles. The van der Waals surface area contributed by atoms with Gasteiger partial charge in [-0.1, -0.05) is 12.2 Å². The second-order valence-corrected chi connectivity index (χ2v) is 2.71. The number of allylic oxidation sites excluding steroid dienone is 2. The van der Waals surface area contributed by atoms with E-state index in [0.717, 1.165) is 32.1 Å². The van der Waals surface area contributed by atoms with Gasteiger partial charge in [-0.25, -0.2) is 4.89 Å². The lowest BCUT2D eigenvalue weighted by Crippen LogP contribution is -2.10. The third-order valence-electron chi connectivity index (χ3n) is 1.87. The Morgan fingerprint density at radius 3 is 2.80 bits per heavy atom. The van der Waals surface area contributed by atoms with Gasteiger partial charge in [-0.3, -0.25) is 5.26 Å². The minimum atomic E-state index is 0.0740. The van der Waals surface area contributed by atoms with Gasteiger partial charge in [0, 0.05) is 0 Å². The minimum absolute atomic E-state index is 0.0740. The predicted octanol–water partition coefficient (Wildman–Crippen LogP) is 2.36. The summed E-state index contributed by atoms with van der Waals surface area (Å²) in [6.07, 6.45) is 9.66. The highest BCUT2D eigenvalue weighted by atomic mass is 17.1. The number of rotatable bonds is 1. The summed E-state index contributed by atoms with van der Waals surface area (Å²) in [6, 6.07) is 0. The van der Waals surface area contributed by atoms with Crippen LogP contribution in [0.1, 0.15) is 32.1 Å². The number of hydrogen-bond acceptors (Lipinski definition) is 2. The predicted molar refractivity (Wildman–Crippen MR) is 39.7 cm³/mol. The summed E-state index contributed by atoms with van der Waals surface area (Å²) in [5, 5.41) is 8.38. The summed E-state index contributed by atoms with van der Waals surface area (Å²) in [5.74, 6) is 0. The van der Waals surface area contributed by atoms with Gasteiger partial charge in [-0.05, 0) is 32.1 Å². The molecule has 0 saturated carbocycles. The lowest BCUT2D eigenvalue weighted by Gasteiger charge is -2.12. The SMILES string of the molecule is OO[C@H]1CCC=CCCC1. The molecule has 2 heteroatoms. The maximum Gasteiger partial charge on any atom is 0.0930 e. The quantitative estimate of drug-likeness (QED) is 0.346. The average Bonchev–Trinajstić information content (AvgIpc) is 1.87. The summed E-state index contributed by atoms with van der Waals surface area (Å²) in [7, 11) is 0. The molecule has 0 aromatic carbocycles. The van der Waals surface area contributed by atoms with Crippen LogP contribution in [0.4, 0.5) is 0 Å². The summed E-state index contributed by atoms with van der Waals surface area (Å²) in [6.45, 7) is 0. The van der Waals surface area contributed by atoms with Gasteiger partial charge in [-0.15, -0.1) is 0 Å². The molecule has 0 spiro atoms. The molecule has 1 N–H and O–H groups in total. The molecule has 0 aromatic rings. The van der Waals surface area contributed by atoms with Gasteiger partial charge >= 0.3 is 0 Å². The Kier molecular flexibility index (Phi) is 3.47. The largest absolute Gasteiger partial charge is 0.252 e. The number of hydrogen-bond donors (Lipinski definition) is 1. The van der Waals surface area contributed by atoms with Crippen LogP contribution < -0.4 is 0 Å². The second kappa shape index (κ2) is 4.47. The highest BCUT2D eigenvalue weighted by molar-refractivity contribution is 4.84. The Morgan fingerprint density at radius 1 is 1.20 bits per heavy atom. The maximum absolute atomic E-state index is 8.38. The van der Waals surface area contributed by atoms with Crippen LogP contribution in [0.15, 0.2) is 12.2 Å². The van der Waals surface area contributed by atoms with Crippen molar-refractivity contribution in [2.24, 2.45) is 0 Å². The van der Waals surface area contributed by atoms with E-state index in [1.54, 1.807) is 0 Å². The van der Waals surface area contributed by atoms with Gasteiger partial charge in [0.1, 0.15) is 0 Å². The first kappa shape index (κ1) is 7.76. The standard InChI is InChI=1S/C8H14O2/c9-10-8-6-4-2-1-3-5-7-8/h1-2,8-9H,3-7H2/t8-/m0/s1. The van der Waals surface area contributed by atoms with Crippen LogP contribution in [0.2, 0.25) is 0 Å². The molecular formula is C8H14O2. The zero-order chi connectivity index (χ0) is 7.23. The van der Waals surface area contributed by atoms with Gasteiger partial charge in [-0.2, -0.15) is 0 Å². The molecule has 0 unspecified atom stereocenters. The first-order valence-corrected chi connectivity index (χ1v) is 3.88. The van der Waals surface area contributed by atoms with Crippen molar-refractivity contribution in [3.63, 3.8) is 0 Å². The van der Waals surface area contributed by atoms with E-state index < -0.39 is 0 Å². The smallest absolute Gasteiger partial charge is 0.0930 e. The van der Waals surface area contributed by atoms with Gasteiger partial charge in [0.2, 0.25) is 0 Å². The van der Waals surface area contributed by atoms with E-state index in [2.05, 4.69) is 17.0 Å². The Hall–Kier alpha value is -0.340. The fraction of sp³-hybridized carbons (Fsp3) is 0.750. The third kappa shape index (κ3) is 2.50. The lowest BCUT2D eigenvalue weighted by atomic mass is 10.0. The molecule has 0 amide bonds. The van der Waals surface area contributed by atoms with Crippen molar-refractivity contribution in [2.75, 3.05) is 0 Å². The van der Waals surface area contributed by atoms with Crippen LogP contribution in [0.3, 0.4) is 0 Å². The zero-order valence-electron chi connectivity index (χ0n) is 6.12. The molecule has 1 rings (SSSR count). The zero-order valence-corrected chi connectivity index (χ0v) is 6.12. The normalized spacial score (nSPS) is 27.5.